The summed E-state index contributed by atoms with van der Waals surface area (Å²) in [6.07, 6.45) is 0.326. The summed E-state index contributed by atoms with van der Waals surface area (Å²) < 4.78 is 10.4. The monoisotopic (exact) mass is 232 g/mol. The van der Waals surface area contributed by atoms with Crippen LogP contribution in [0.2, 0.25) is 0 Å². The van der Waals surface area contributed by atoms with Gasteiger partial charge in [0.1, 0.15) is 0 Å². The Kier molecular flexibility index (Phi) is 3.15. The van der Waals surface area contributed by atoms with Crippen molar-refractivity contribution in [3.63, 3.8) is 0 Å². The van der Waals surface area contributed by atoms with Crippen molar-refractivity contribution in [3.8, 4) is 17.6 Å². The predicted octanol–water partition coefficient (Wildman–Crippen LogP) is 1.40. The molecule has 0 spiro atoms. The Labute approximate surface area is 99.2 Å². The van der Waals surface area contributed by atoms with Gasteiger partial charge in [-0.1, -0.05) is 0 Å². The van der Waals surface area contributed by atoms with Gasteiger partial charge in [0.25, 0.3) is 5.91 Å². The first kappa shape index (κ1) is 11.3. The van der Waals surface area contributed by atoms with Gasteiger partial charge in [-0.3, -0.25) is 4.79 Å². The number of benzene rings is 1. The van der Waals surface area contributed by atoms with E-state index in [2.05, 4.69) is 0 Å². The van der Waals surface area contributed by atoms with E-state index in [9.17, 15) is 4.79 Å². The van der Waals surface area contributed by atoms with Crippen molar-refractivity contribution in [2.45, 2.75) is 6.42 Å². The molecule has 1 aliphatic heterocycles. The molecule has 1 aromatic rings. The molecule has 0 saturated heterocycles. The number of hydrogen-bond donors (Lipinski definition) is 0. The Morgan fingerprint density at radius 2 is 2.24 bits per heavy atom. The number of nitrogens with zero attached hydrogens (tertiary/aromatic N) is 2. The number of rotatable bonds is 3. The molecule has 0 atom stereocenters. The van der Waals surface area contributed by atoms with Crippen molar-refractivity contribution in [2.75, 3.05) is 20.4 Å². The highest BCUT2D eigenvalue weighted by Gasteiger charge is 2.17. The average molecular weight is 232 g/mol. The van der Waals surface area contributed by atoms with Crippen LogP contribution in [0.3, 0.4) is 0 Å². The molecule has 0 aromatic heterocycles. The Morgan fingerprint density at radius 3 is 3.00 bits per heavy atom. The zero-order chi connectivity index (χ0) is 12.3. The number of ether oxygens (including phenoxy) is 2. The normalized spacial score (nSPS) is 12.0. The molecule has 2 rings (SSSR count). The van der Waals surface area contributed by atoms with E-state index >= 15 is 0 Å². The molecule has 1 heterocycles. The van der Waals surface area contributed by atoms with Crippen molar-refractivity contribution in [3.05, 3.63) is 23.8 Å². The van der Waals surface area contributed by atoms with Crippen molar-refractivity contribution >= 4 is 5.91 Å². The lowest BCUT2D eigenvalue weighted by Crippen LogP contribution is -2.27. The van der Waals surface area contributed by atoms with Gasteiger partial charge in [-0.15, -0.1) is 0 Å². The third-order valence-corrected chi connectivity index (χ3v) is 2.53. The highest BCUT2D eigenvalue weighted by molar-refractivity contribution is 5.94. The predicted molar refractivity (Wildman–Crippen MR) is 59.8 cm³/mol. The second-order valence-electron chi connectivity index (χ2n) is 3.70. The minimum Gasteiger partial charge on any atom is -0.454 e. The van der Waals surface area contributed by atoms with E-state index in [0.717, 1.165) is 0 Å². The summed E-state index contributed by atoms with van der Waals surface area (Å²) in [6.45, 7) is 0.612. The minimum atomic E-state index is -0.126. The van der Waals surface area contributed by atoms with E-state index < -0.39 is 0 Å². The van der Waals surface area contributed by atoms with E-state index in [0.29, 0.717) is 30.0 Å². The maximum absolute atomic E-state index is 12.0. The van der Waals surface area contributed by atoms with Crippen LogP contribution in [0, 0.1) is 11.3 Å². The Bertz CT molecular complexity index is 479. The van der Waals surface area contributed by atoms with Gasteiger partial charge in [0.05, 0.1) is 12.5 Å². The number of amides is 1. The number of fused-ring (bicyclic) bond motifs is 1. The number of carbonyl (C=O) groups excluding carboxylic acids is 1. The smallest absolute Gasteiger partial charge is 0.253 e. The number of nitriles is 1. The summed E-state index contributed by atoms with van der Waals surface area (Å²) >= 11 is 0. The molecular formula is C12H12N2O3. The first-order valence-corrected chi connectivity index (χ1v) is 5.24. The van der Waals surface area contributed by atoms with Crippen molar-refractivity contribution < 1.29 is 14.3 Å². The van der Waals surface area contributed by atoms with Gasteiger partial charge in [0.15, 0.2) is 11.5 Å². The summed E-state index contributed by atoms with van der Waals surface area (Å²) in [5, 5.41) is 8.47. The largest absolute Gasteiger partial charge is 0.454 e. The van der Waals surface area contributed by atoms with Gasteiger partial charge < -0.3 is 14.4 Å². The molecule has 1 aliphatic rings. The lowest BCUT2D eigenvalue weighted by molar-refractivity contribution is 0.0797. The maximum atomic E-state index is 12.0. The summed E-state index contributed by atoms with van der Waals surface area (Å²) in [4.78, 5) is 13.5. The van der Waals surface area contributed by atoms with Gasteiger partial charge in [0, 0.05) is 19.2 Å². The summed E-state index contributed by atoms with van der Waals surface area (Å²) in [5.41, 5.74) is 0.537. The standard InChI is InChI=1S/C12H12N2O3/c1-14(6-2-5-13)12(15)9-3-4-10-11(7-9)17-8-16-10/h3-4,7H,2,6,8H2,1H3. The van der Waals surface area contributed by atoms with Gasteiger partial charge in [-0.2, -0.15) is 5.26 Å². The summed E-state index contributed by atoms with van der Waals surface area (Å²) in [5.74, 6) is 1.12. The molecule has 0 bridgehead atoms. The fraction of sp³-hybridized carbons (Fsp3) is 0.333. The van der Waals surface area contributed by atoms with Gasteiger partial charge in [-0.05, 0) is 18.2 Å². The van der Waals surface area contributed by atoms with Crippen LogP contribution in [0.25, 0.3) is 0 Å². The fourth-order valence-electron chi connectivity index (χ4n) is 1.57. The molecule has 88 valence electrons. The first-order valence-electron chi connectivity index (χ1n) is 5.24. The quantitative estimate of drug-likeness (QED) is 0.790. The Balaban J connectivity index is 2.12. The number of hydrogen-bond acceptors (Lipinski definition) is 4. The van der Waals surface area contributed by atoms with Crippen LogP contribution >= 0.6 is 0 Å². The molecule has 5 nitrogen and oxygen atoms in total. The molecule has 0 radical (unpaired) electrons. The van der Waals surface area contributed by atoms with Crippen LogP contribution < -0.4 is 9.47 Å². The zero-order valence-corrected chi connectivity index (χ0v) is 9.47. The topological polar surface area (TPSA) is 62.6 Å². The molecule has 5 heteroatoms. The van der Waals surface area contributed by atoms with E-state index in [1.807, 2.05) is 6.07 Å². The highest BCUT2D eigenvalue weighted by Crippen LogP contribution is 2.32. The van der Waals surface area contributed by atoms with Crippen molar-refractivity contribution in [2.24, 2.45) is 0 Å². The molecule has 0 N–H and O–H groups in total. The molecule has 0 unspecified atom stereocenters. The summed E-state index contributed by atoms with van der Waals surface area (Å²) in [6, 6.07) is 7.08. The first-order chi connectivity index (χ1) is 8.22. The van der Waals surface area contributed by atoms with E-state index in [4.69, 9.17) is 14.7 Å². The lowest BCUT2D eigenvalue weighted by Gasteiger charge is -2.15. The third kappa shape index (κ3) is 2.31. The van der Waals surface area contributed by atoms with Gasteiger partial charge in [0.2, 0.25) is 6.79 Å². The summed E-state index contributed by atoms with van der Waals surface area (Å²) in [7, 11) is 1.67. The highest BCUT2D eigenvalue weighted by atomic mass is 16.7. The Morgan fingerprint density at radius 1 is 1.47 bits per heavy atom. The van der Waals surface area contributed by atoms with Crippen molar-refractivity contribution in [1.29, 1.82) is 5.26 Å². The minimum absolute atomic E-state index is 0.126. The average Bonchev–Trinajstić information content (AvgIpc) is 2.81. The molecule has 1 amide bonds. The van der Waals surface area contributed by atoms with Gasteiger partial charge >= 0.3 is 0 Å². The van der Waals surface area contributed by atoms with E-state index in [1.54, 1.807) is 25.2 Å². The molecule has 0 aliphatic carbocycles. The third-order valence-electron chi connectivity index (χ3n) is 2.53. The van der Waals surface area contributed by atoms with Crippen LogP contribution in [-0.4, -0.2) is 31.2 Å². The maximum Gasteiger partial charge on any atom is 0.253 e. The second kappa shape index (κ2) is 4.74. The van der Waals surface area contributed by atoms with Crippen molar-refractivity contribution in [1.82, 2.24) is 4.90 Å². The van der Waals surface area contributed by atoms with E-state index in [1.165, 1.54) is 4.90 Å². The lowest BCUT2D eigenvalue weighted by atomic mass is 10.2. The SMILES string of the molecule is CN(CCC#N)C(=O)c1ccc2c(c1)OCO2. The fourth-order valence-corrected chi connectivity index (χ4v) is 1.57. The Hall–Kier alpha value is -2.22. The van der Waals surface area contributed by atoms with Crippen LogP contribution in [0.15, 0.2) is 18.2 Å². The van der Waals surface area contributed by atoms with E-state index in [-0.39, 0.29) is 12.7 Å². The van der Waals surface area contributed by atoms with Crippen LogP contribution in [-0.2, 0) is 0 Å². The molecular weight excluding hydrogens is 220 g/mol. The van der Waals surface area contributed by atoms with Crippen LogP contribution in [0.5, 0.6) is 11.5 Å². The molecule has 1 aromatic carbocycles. The second-order valence-corrected chi connectivity index (χ2v) is 3.70. The number of carbonyl (C=O) groups is 1. The molecule has 0 fully saturated rings. The van der Waals surface area contributed by atoms with Crippen LogP contribution in [0.4, 0.5) is 0 Å². The van der Waals surface area contributed by atoms with Gasteiger partial charge in [-0.25, -0.2) is 0 Å². The zero-order valence-electron chi connectivity index (χ0n) is 9.47. The molecule has 0 saturated carbocycles. The van der Waals surface area contributed by atoms with Crippen LogP contribution in [0.1, 0.15) is 16.8 Å². The molecule has 17 heavy (non-hydrogen) atoms.